The molecule has 0 amide bonds. The van der Waals surface area contributed by atoms with E-state index in [9.17, 15) is 9.59 Å². The number of ether oxygens (including phenoxy) is 2. The lowest BCUT2D eigenvalue weighted by molar-refractivity contribution is 0.0481. The molecular formula is C12H15N3O4. The van der Waals surface area contributed by atoms with Crippen LogP contribution in [0.15, 0.2) is 16.4 Å². The highest BCUT2D eigenvalue weighted by Crippen LogP contribution is 2.35. The third-order valence-corrected chi connectivity index (χ3v) is 2.70. The zero-order valence-electron chi connectivity index (χ0n) is 11.0. The molecule has 1 unspecified atom stereocenters. The highest BCUT2D eigenvalue weighted by Gasteiger charge is 2.31. The number of rotatable bonds is 4. The fourth-order valence-corrected chi connectivity index (χ4v) is 1.86. The van der Waals surface area contributed by atoms with Gasteiger partial charge < -0.3 is 14.0 Å². The number of fused-ring (bicyclic) bond motifs is 1. The van der Waals surface area contributed by atoms with Crippen LogP contribution in [0.3, 0.4) is 0 Å². The van der Waals surface area contributed by atoms with E-state index in [1.807, 2.05) is 6.92 Å². The fraction of sp³-hybridized carbons (Fsp3) is 0.500. The van der Waals surface area contributed by atoms with Gasteiger partial charge in [0.25, 0.3) is 0 Å². The average Bonchev–Trinajstić information content (AvgIpc) is 2.90. The van der Waals surface area contributed by atoms with Crippen molar-refractivity contribution in [1.29, 1.82) is 0 Å². The van der Waals surface area contributed by atoms with Crippen LogP contribution >= 0.6 is 0 Å². The number of aromatic nitrogens is 1. The Hall–Kier alpha value is -2.18. The number of hydrogen-bond acceptors (Lipinski definition) is 6. The van der Waals surface area contributed by atoms with Crippen LogP contribution in [0.2, 0.25) is 0 Å². The van der Waals surface area contributed by atoms with Crippen molar-refractivity contribution in [3.8, 4) is 0 Å². The molecule has 0 saturated carbocycles. The molecule has 0 radical (unpaired) electrons. The molecule has 1 aliphatic heterocycles. The number of nitrogens with zero attached hydrogens (tertiary/aromatic N) is 3. The molecule has 0 spiro atoms. The molecule has 0 bridgehead atoms. The Morgan fingerprint density at radius 2 is 1.89 bits per heavy atom. The van der Waals surface area contributed by atoms with Gasteiger partial charge in [-0.1, -0.05) is 0 Å². The van der Waals surface area contributed by atoms with Gasteiger partial charge in [-0.25, -0.2) is 9.59 Å². The summed E-state index contributed by atoms with van der Waals surface area (Å²) in [7, 11) is 0. The Bertz CT molecular complexity index is 547. The van der Waals surface area contributed by atoms with E-state index in [1.165, 1.54) is 6.20 Å². The third-order valence-electron chi connectivity index (χ3n) is 2.70. The molecule has 2 heterocycles. The molecule has 0 saturated heterocycles. The number of esters is 2. The quantitative estimate of drug-likeness (QED) is 0.783. The Balaban J connectivity index is 2.48. The monoisotopic (exact) mass is 265 g/mol. The maximum Gasteiger partial charge on any atom is 0.342 e. The molecule has 0 aromatic carbocycles. The summed E-state index contributed by atoms with van der Waals surface area (Å²) in [6.07, 6.45) is 1.29. The normalized spacial score (nSPS) is 16.3. The van der Waals surface area contributed by atoms with E-state index in [0.29, 0.717) is 5.82 Å². The summed E-state index contributed by atoms with van der Waals surface area (Å²) in [5, 5.41) is 7.87. The van der Waals surface area contributed by atoms with E-state index in [2.05, 4.69) is 10.2 Å². The van der Waals surface area contributed by atoms with Crippen LogP contribution in [-0.4, -0.2) is 29.7 Å². The van der Waals surface area contributed by atoms with Crippen LogP contribution in [0.1, 0.15) is 47.7 Å². The highest BCUT2D eigenvalue weighted by atomic mass is 16.5. The van der Waals surface area contributed by atoms with Crippen LogP contribution in [0.4, 0.5) is 5.82 Å². The van der Waals surface area contributed by atoms with Gasteiger partial charge in [0, 0.05) is 6.20 Å². The SMILES string of the molecule is CCOC(=O)c1cn2c(c1C(=O)OCC)N=NC2C. The second-order valence-electron chi connectivity index (χ2n) is 3.94. The standard InChI is InChI=1S/C12H15N3O4/c1-4-18-11(16)8-6-15-7(3)13-14-10(15)9(8)12(17)19-5-2/h6-7H,4-5H2,1-3H3. The van der Waals surface area contributed by atoms with Crippen molar-refractivity contribution in [2.75, 3.05) is 13.2 Å². The van der Waals surface area contributed by atoms with Crippen LogP contribution in [0.25, 0.3) is 0 Å². The molecule has 0 fully saturated rings. The van der Waals surface area contributed by atoms with Crippen LogP contribution in [-0.2, 0) is 9.47 Å². The molecule has 1 atom stereocenters. The minimum atomic E-state index is -0.590. The van der Waals surface area contributed by atoms with Gasteiger partial charge in [-0.15, -0.1) is 5.11 Å². The van der Waals surface area contributed by atoms with E-state index in [4.69, 9.17) is 9.47 Å². The van der Waals surface area contributed by atoms with Gasteiger partial charge in [-0.05, 0) is 20.8 Å². The van der Waals surface area contributed by atoms with Gasteiger partial charge in [-0.2, -0.15) is 5.11 Å². The van der Waals surface area contributed by atoms with Crippen LogP contribution in [0, 0.1) is 0 Å². The lowest BCUT2D eigenvalue weighted by atomic mass is 10.2. The number of hydrogen-bond donors (Lipinski definition) is 0. The van der Waals surface area contributed by atoms with E-state index < -0.39 is 11.9 Å². The summed E-state index contributed by atoms with van der Waals surface area (Å²) in [6, 6.07) is 0. The van der Waals surface area contributed by atoms with Crippen molar-refractivity contribution < 1.29 is 19.1 Å². The molecule has 0 aliphatic carbocycles. The number of carbonyl (C=O) groups is 2. The molecule has 2 rings (SSSR count). The molecule has 0 N–H and O–H groups in total. The first kappa shape index (κ1) is 13.3. The largest absolute Gasteiger partial charge is 0.462 e. The molecule has 1 aromatic rings. The van der Waals surface area contributed by atoms with E-state index in [1.54, 1.807) is 18.4 Å². The van der Waals surface area contributed by atoms with E-state index in [0.717, 1.165) is 0 Å². The van der Waals surface area contributed by atoms with Crippen molar-refractivity contribution in [3.63, 3.8) is 0 Å². The maximum atomic E-state index is 12.0. The Morgan fingerprint density at radius 3 is 2.53 bits per heavy atom. The Labute approximate surface area is 110 Å². The van der Waals surface area contributed by atoms with Crippen molar-refractivity contribution in [3.05, 3.63) is 17.3 Å². The van der Waals surface area contributed by atoms with Gasteiger partial charge in [-0.3, -0.25) is 0 Å². The first-order chi connectivity index (χ1) is 9.10. The highest BCUT2D eigenvalue weighted by molar-refractivity contribution is 6.06. The van der Waals surface area contributed by atoms with Gasteiger partial charge in [0.05, 0.1) is 18.8 Å². The molecule has 19 heavy (non-hydrogen) atoms. The maximum absolute atomic E-state index is 12.0. The number of azo groups is 1. The summed E-state index contributed by atoms with van der Waals surface area (Å²) in [6.45, 7) is 5.66. The van der Waals surface area contributed by atoms with Crippen molar-refractivity contribution in [1.82, 2.24) is 4.57 Å². The summed E-state index contributed by atoms with van der Waals surface area (Å²) in [4.78, 5) is 23.8. The first-order valence-electron chi connectivity index (χ1n) is 6.10. The third kappa shape index (κ3) is 2.23. The lowest BCUT2D eigenvalue weighted by Gasteiger charge is -2.03. The van der Waals surface area contributed by atoms with E-state index >= 15 is 0 Å². The smallest absolute Gasteiger partial charge is 0.342 e. The minimum Gasteiger partial charge on any atom is -0.462 e. The van der Waals surface area contributed by atoms with Crippen molar-refractivity contribution in [2.24, 2.45) is 10.2 Å². The molecule has 1 aromatic heterocycles. The predicted molar refractivity (Wildman–Crippen MR) is 65.6 cm³/mol. The van der Waals surface area contributed by atoms with Crippen LogP contribution in [0.5, 0.6) is 0 Å². The fourth-order valence-electron chi connectivity index (χ4n) is 1.86. The first-order valence-corrected chi connectivity index (χ1v) is 6.10. The molecule has 7 heteroatoms. The summed E-state index contributed by atoms with van der Waals surface area (Å²) < 4.78 is 11.5. The summed E-state index contributed by atoms with van der Waals surface area (Å²) in [5.74, 6) is -0.809. The minimum absolute atomic E-state index is 0.119. The zero-order valence-corrected chi connectivity index (χ0v) is 11.0. The summed E-state index contributed by atoms with van der Waals surface area (Å²) >= 11 is 0. The van der Waals surface area contributed by atoms with Gasteiger partial charge in [0.15, 0.2) is 5.82 Å². The second kappa shape index (κ2) is 5.21. The Kier molecular flexibility index (Phi) is 3.64. The molecule has 7 nitrogen and oxygen atoms in total. The van der Waals surface area contributed by atoms with Crippen molar-refractivity contribution >= 4 is 17.8 Å². The summed E-state index contributed by atoms with van der Waals surface area (Å²) in [5.41, 5.74) is 0.286. The average molecular weight is 265 g/mol. The molecule has 1 aliphatic rings. The Morgan fingerprint density at radius 1 is 1.26 bits per heavy atom. The molecular weight excluding hydrogens is 250 g/mol. The zero-order chi connectivity index (χ0) is 14.0. The van der Waals surface area contributed by atoms with Gasteiger partial charge >= 0.3 is 11.9 Å². The van der Waals surface area contributed by atoms with E-state index in [-0.39, 0.29) is 30.5 Å². The van der Waals surface area contributed by atoms with Gasteiger partial charge in [0.2, 0.25) is 0 Å². The lowest BCUT2D eigenvalue weighted by Crippen LogP contribution is -2.12. The topological polar surface area (TPSA) is 82.2 Å². The number of carbonyl (C=O) groups excluding carboxylic acids is 2. The van der Waals surface area contributed by atoms with Crippen LogP contribution < -0.4 is 0 Å². The second-order valence-corrected chi connectivity index (χ2v) is 3.94. The van der Waals surface area contributed by atoms with Gasteiger partial charge in [0.1, 0.15) is 11.7 Å². The van der Waals surface area contributed by atoms with Crippen molar-refractivity contribution in [2.45, 2.75) is 26.9 Å². The predicted octanol–water partition coefficient (Wildman–Crippen LogP) is 2.46. The molecule has 102 valence electrons.